The Kier molecular flexibility index (Phi) is 5.35. The molecule has 2 N–H and O–H groups in total. The van der Waals surface area contributed by atoms with E-state index < -0.39 is 0 Å². The Morgan fingerprint density at radius 1 is 1.32 bits per heavy atom. The molecule has 138 valence electrons. The monoisotopic (exact) mass is 346 g/mol. The molecular weight excluding hydrogens is 316 g/mol. The van der Waals surface area contributed by atoms with Crippen LogP contribution >= 0.6 is 0 Å². The van der Waals surface area contributed by atoms with Crippen LogP contribution in [-0.4, -0.2) is 48.2 Å². The lowest BCUT2D eigenvalue weighted by Crippen LogP contribution is -2.51. The predicted octanol–water partition coefficient (Wildman–Crippen LogP) is 2.85. The first kappa shape index (κ1) is 18.2. The summed E-state index contributed by atoms with van der Waals surface area (Å²) in [5, 5.41) is 12.9. The second-order valence-corrected chi connectivity index (χ2v) is 8.03. The van der Waals surface area contributed by atoms with Gasteiger partial charge in [0.05, 0.1) is 12.2 Å². The van der Waals surface area contributed by atoms with Gasteiger partial charge >= 0.3 is 0 Å². The van der Waals surface area contributed by atoms with Crippen molar-refractivity contribution in [3.63, 3.8) is 0 Å². The van der Waals surface area contributed by atoms with E-state index >= 15 is 0 Å². The minimum atomic E-state index is -0.0980. The summed E-state index contributed by atoms with van der Waals surface area (Å²) in [6.07, 6.45) is 3.82. The number of amides is 1. The highest BCUT2D eigenvalue weighted by Crippen LogP contribution is 2.44. The molecule has 0 saturated carbocycles. The number of benzene rings is 1. The van der Waals surface area contributed by atoms with Crippen LogP contribution in [0.25, 0.3) is 0 Å². The van der Waals surface area contributed by atoms with Gasteiger partial charge in [0.1, 0.15) is 5.75 Å². The molecular formula is C20H30N2O3. The quantitative estimate of drug-likeness (QED) is 0.883. The smallest absolute Gasteiger partial charge is 0.217 e. The van der Waals surface area contributed by atoms with E-state index in [0.717, 1.165) is 44.3 Å². The van der Waals surface area contributed by atoms with Gasteiger partial charge in [-0.1, -0.05) is 19.1 Å². The summed E-state index contributed by atoms with van der Waals surface area (Å²) in [4.78, 5) is 14.0. The molecule has 2 aliphatic heterocycles. The van der Waals surface area contributed by atoms with Crippen molar-refractivity contribution >= 4 is 5.91 Å². The molecule has 5 nitrogen and oxygen atoms in total. The van der Waals surface area contributed by atoms with Crippen molar-refractivity contribution in [3.05, 3.63) is 29.8 Å². The number of likely N-dealkylation sites (tertiary alicyclic amines) is 1. The van der Waals surface area contributed by atoms with E-state index in [-0.39, 0.29) is 35.3 Å². The lowest BCUT2D eigenvalue weighted by Gasteiger charge is -2.48. The maximum absolute atomic E-state index is 11.6. The molecule has 0 aliphatic carbocycles. The van der Waals surface area contributed by atoms with Crippen molar-refractivity contribution in [2.24, 2.45) is 5.41 Å². The molecule has 3 rings (SSSR count). The zero-order chi connectivity index (χ0) is 18.0. The molecule has 2 heterocycles. The number of ether oxygens (including phenoxy) is 1. The molecule has 1 aromatic rings. The average Bonchev–Trinajstić information content (AvgIpc) is 2.57. The highest BCUT2D eigenvalue weighted by Gasteiger charge is 2.43. The topological polar surface area (TPSA) is 61.8 Å². The van der Waals surface area contributed by atoms with Crippen LogP contribution in [0.5, 0.6) is 5.75 Å². The van der Waals surface area contributed by atoms with Crippen LogP contribution < -0.4 is 5.32 Å². The van der Waals surface area contributed by atoms with Crippen LogP contribution in [0, 0.1) is 5.41 Å². The Morgan fingerprint density at radius 3 is 2.68 bits per heavy atom. The number of nitrogens with zero attached hydrogens (tertiary/aromatic N) is 1. The molecule has 5 heteroatoms. The lowest BCUT2D eigenvalue weighted by molar-refractivity contribution is -0.138. The number of aromatic hydroxyl groups is 1. The van der Waals surface area contributed by atoms with E-state index in [1.807, 2.05) is 12.1 Å². The summed E-state index contributed by atoms with van der Waals surface area (Å²) in [7, 11) is 2.16. The minimum absolute atomic E-state index is 0.00818. The Balaban J connectivity index is 1.81. The fraction of sp³-hybridized carbons (Fsp3) is 0.650. The van der Waals surface area contributed by atoms with Crippen molar-refractivity contribution in [1.82, 2.24) is 10.2 Å². The van der Waals surface area contributed by atoms with Gasteiger partial charge in [0.15, 0.2) is 0 Å². The SMILES string of the molecule is CC(=O)N[C@H]1C[C@@H](c2cccc(O)c2)O[C@@H](C2(C)CCN(C)CC2)C1. The van der Waals surface area contributed by atoms with E-state index in [9.17, 15) is 9.90 Å². The van der Waals surface area contributed by atoms with Gasteiger partial charge in [-0.15, -0.1) is 0 Å². The second-order valence-electron chi connectivity index (χ2n) is 8.03. The highest BCUT2D eigenvalue weighted by atomic mass is 16.5. The van der Waals surface area contributed by atoms with Crippen molar-refractivity contribution in [2.75, 3.05) is 20.1 Å². The summed E-state index contributed by atoms with van der Waals surface area (Å²) in [5.41, 5.74) is 1.11. The summed E-state index contributed by atoms with van der Waals surface area (Å²) in [6, 6.07) is 7.40. The fourth-order valence-corrected chi connectivity index (χ4v) is 4.17. The third-order valence-electron chi connectivity index (χ3n) is 5.88. The van der Waals surface area contributed by atoms with Gasteiger partial charge in [-0.2, -0.15) is 0 Å². The van der Waals surface area contributed by atoms with E-state index in [1.165, 1.54) is 0 Å². The molecule has 1 amide bonds. The third kappa shape index (κ3) is 4.33. The Labute approximate surface area is 150 Å². The molecule has 2 saturated heterocycles. The minimum Gasteiger partial charge on any atom is -0.508 e. The maximum Gasteiger partial charge on any atom is 0.217 e. The zero-order valence-electron chi connectivity index (χ0n) is 15.5. The van der Waals surface area contributed by atoms with Gasteiger partial charge < -0.3 is 20.1 Å². The molecule has 2 fully saturated rings. The van der Waals surface area contributed by atoms with Crippen molar-refractivity contribution < 1.29 is 14.6 Å². The van der Waals surface area contributed by atoms with Gasteiger partial charge in [0.25, 0.3) is 0 Å². The summed E-state index contributed by atoms with van der Waals surface area (Å²) < 4.78 is 6.54. The Bertz CT molecular complexity index is 611. The van der Waals surface area contributed by atoms with Crippen LogP contribution in [0.4, 0.5) is 0 Å². The number of hydrogen-bond acceptors (Lipinski definition) is 4. The molecule has 0 radical (unpaired) electrons. The molecule has 0 unspecified atom stereocenters. The first-order chi connectivity index (χ1) is 11.9. The Hall–Kier alpha value is -1.59. The summed E-state index contributed by atoms with van der Waals surface area (Å²) in [6.45, 7) is 6.06. The van der Waals surface area contributed by atoms with Crippen LogP contribution in [-0.2, 0) is 9.53 Å². The van der Waals surface area contributed by atoms with Gasteiger partial charge in [0.2, 0.25) is 5.91 Å². The largest absolute Gasteiger partial charge is 0.508 e. The number of piperidine rings is 1. The first-order valence-corrected chi connectivity index (χ1v) is 9.26. The molecule has 3 atom stereocenters. The average molecular weight is 346 g/mol. The number of rotatable bonds is 3. The van der Waals surface area contributed by atoms with Gasteiger partial charge in [-0.3, -0.25) is 4.79 Å². The number of nitrogens with one attached hydrogen (secondary N) is 1. The second kappa shape index (κ2) is 7.34. The molecule has 1 aromatic carbocycles. The maximum atomic E-state index is 11.6. The van der Waals surface area contributed by atoms with E-state index in [0.29, 0.717) is 0 Å². The van der Waals surface area contributed by atoms with Crippen LogP contribution in [0.15, 0.2) is 24.3 Å². The standard InChI is InChI=1S/C20H30N2O3/c1-14(23)21-16-12-18(15-5-4-6-17(24)11-15)25-19(13-16)20(2)7-9-22(3)10-8-20/h4-6,11,16,18-19,24H,7-10,12-13H2,1-3H3,(H,21,23)/t16-,18-,19+/m0/s1. The number of carbonyl (C=O) groups excluding carboxylic acids is 1. The van der Waals surface area contributed by atoms with E-state index in [2.05, 4.69) is 24.2 Å². The molecule has 0 bridgehead atoms. The van der Waals surface area contributed by atoms with Crippen molar-refractivity contribution in [3.8, 4) is 5.75 Å². The first-order valence-electron chi connectivity index (χ1n) is 9.26. The van der Waals surface area contributed by atoms with Gasteiger partial charge in [-0.05, 0) is 68.9 Å². The number of hydrogen-bond donors (Lipinski definition) is 2. The molecule has 0 aromatic heterocycles. The number of phenols is 1. The number of phenolic OH excluding ortho intramolecular Hbond substituents is 1. The Morgan fingerprint density at radius 2 is 2.04 bits per heavy atom. The number of carbonyl (C=O) groups is 1. The van der Waals surface area contributed by atoms with Crippen LogP contribution in [0.3, 0.4) is 0 Å². The third-order valence-corrected chi connectivity index (χ3v) is 5.88. The van der Waals surface area contributed by atoms with Crippen molar-refractivity contribution in [1.29, 1.82) is 0 Å². The summed E-state index contributed by atoms with van der Waals surface area (Å²) >= 11 is 0. The highest BCUT2D eigenvalue weighted by molar-refractivity contribution is 5.73. The predicted molar refractivity (Wildman–Crippen MR) is 97.4 cm³/mol. The molecule has 25 heavy (non-hydrogen) atoms. The van der Waals surface area contributed by atoms with Crippen LogP contribution in [0.2, 0.25) is 0 Å². The summed E-state index contributed by atoms with van der Waals surface area (Å²) in [5.74, 6) is 0.263. The van der Waals surface area contributed by atoms with Gasteiger partial charge in [0, 0.05) is 13.0 Å². The van der Waals surface area contributed by atoms with E-state index in [4.69, 9.17) is 4.74 Å². The lowest BCUT2D eigenvalue weighted by atomic mass is 9.72. The molecule has 0 spiro atoms. The zero-order valence-corrected chi connectivity index (χ0v) is 15.5. The van der Waals surface area contributed by atoms with Gasteiger partial charge in [-0.25, -0.2) is 0 Å². The van der Waals surface area contributed by atoms with E-state index in [1.54, 1.807) is 19.1 Å². The normalized spacial score (nSPS) is 30.0. The molecule has 2 aliphatic rings. The fourth-order valence-electron chi connectivity index (χ4n) is 4.17. The van der Waals surface area contributed by atoms with Crippen molar-refractivity contribution in [2.45, 2.75) is 57.8 Å². The van der Waals surface area contributed by atoms with Crippen LogP contribution in [0.1, 0.15) is 51.2 Å².